The van der Waals surface area contributed by atoms with E-state index in [0.29, 0.717) is 6.42 Å². The Balaban J connectivity index is 1.96. The Bertz CT molecular complexity index is 900. The van der Waals surface area contributed by atoms with Crippen molar-refractivity contribution in [3.05, 3.63) is 71.3 Å². The van der Waals surface area contributed by atoms with Crippen molar-refractivity contribution in [1.82, 2.24) is 0 Å². The maximum atomic E-state index is 12.6. The lowest BCUT2D eigenvalue weighted by atomic mass is 9.52. The second-order valence-corrected chi connectivity index (χ2v) is 12.9. The number of aryl methyl sites for hydroxylation is 1. The highest BCUT2D eigenvalue weighted by atomic mass is 28.4. The van der Waals surface area contributed by atoms with Crippen LogP contribution in [0.4, 0.5) is 0 Å². The van der Waals surface area contributed by atoms with Gasteiger partial charge >= 0.3 is 5.97 Å². The molecule has 4 rings (SSSR count). The highest BCUT2D eigenvalue weighted by molar-refractivity contribution is 6.69. The quantitative estimate of drug-likeness (QED) is 0.456. The first-order chi connectivity index (χ1) is 12.7. The minimum absolute atomic E-state index is 0.443. The fourth-order valence-electron chi connectivity index (χ4n) is 4.54. The summed E-state index contributed by atoms with van der Waals surface area (Å²) >= 11 is 0. The molecule has 1 aliphatic carbocycles. The summed E-state index contributed by atoms with van der Waals surface area (Å²) in [6.07, 6.45) is 0.458. The summed E-state index contributed by atoms with van der Waals surface area (Å²) < 4.78 is 12.7. The van der Waals surface area contributed by atoms with Crippen LogP contribution in [0.5, 0.6) is 0 Å². The number of hydrogen-bond acceptors (Lipinski definition) is 4. The van der Waals surface area contributed by atoms with Crippen LogP contribution < -0.4 is 0 Å². The number of hydrogen-bond donors (Lipinski definition) is 0. The SMILES string of the molecule is Cc1ccc([C@]23OC(=O)C(=O)[C@H]2C[C@]3(O[Si](C)(C)C)c2ccccc2)cc1. The first-order valence-corrected chi connectivity index (χ1v) is 12.7. The molecule has 2 aromatic rings. The van der Waals surface area contributed by atoms with Crippen LogP contribution in [0.25, 0.3) is 0 Å². The summed E-state index contributed by atoms with van der Waals surface area (Å²) in [5.74, 6) is -1.71. The van der Waals surface area contributed by atoms with Gasteiger partial charge in [0.05, 0.1) is 5.92 Å². The Kier molecular flexibility index (Phi) is 3.95. The lowest BCUT2D eigenvalue weighted by Gasteiger charge is -2.60. The van der Waals surface area contributed by atoms with Crippen LogP contribution in [0, 0.1) is 12.8 Å². The van der Waals surface area contributed by atoms with E-state index in [2.05, 4.69) is 19.6 Å². The topological polar surface area (TPSA) is 52.6 Å². The number of fused-ring (bicyclic) bond motifs is 1. The smallest absolute Gasteiger partial charge is 0.376 e. The summed E-state index contributed by atoms with van der Waals surface area (Å²) in [4.78, 5) is 24.9. The number of carbonyl (C=O) groups is 2. The molecule has 0 bridgehead atoms. The first kappa shape index (κ1) is 18.1. The van der Waals surface area contributed by atoms with Crippen molar-refractivity contribution < 1.29 is 18.8 Å². The van der Waals surface area contributed by atoms with Crippen molar-refractivity contribution in [3.8, 4) is 0 Å². The zero-order valence-corrected chi connectivity index (χ0v) is 17.1. The molecule has 4 nitrogen and oxygen atoms in total. The monoisotopic (exact) mass is 380 g/mol. The molecule has 0 N–H and O–H groups in total. The van der Waals surface area contributed by atoms with E-state index in [1.165, 1.54) is 0 Å². The van der Waals surface area contributed by atoms with Crippen LogP contribution in [0.1, 0.15) is 23.1 Å². The van der Waals surface area contributed by atoms with Gasteiger partial charge < -0.3 is 9.16 Å². The predicted octanol–water partition coefficient (Wildman–Crippen LogP) is 4.08. The molecule has 2 aromatic carbocycles. The molecular formula is C22H24O4Si. The third-order valence-electron chi connectivity index (χ3n) is 5.55. The summed E-state index contributed by atoms with van der Waals surface area (Å²) in [6, 6.07) is 17.8. The highest BCUT2D eigenvalue weighted by Crippen LogP contribution is 2.67. The molecule has 0 amide bonds. The van der Waals surface area contributed by atoms with E-state index in [4.69, 9.17) is 9.16 Å². The molecular weight excluding hydrogens is 356 g/mol. The molecule has 0 radical (unpaired) electrons. The van der Waals surface area contributed by atoms with Crippen LogP contribution in [0.3, 0.4) is 0 Å². The minimum Gasteiger partial charge on any atom is -0.444 e. The normalized spacial score (nSPS) is 29.9. The van der Waals surface area contributed by atoms with Crippen LogP contribution in [0.2, 0.25) is 19.6 Å². The van der Waals surface area contributed by atoms with Gasteiger partial charge in [0.25, 0.3) is 0 Å². The fourth-order valence-corrected chi connectivity index (χ4v) is 5.93. The van der Waals surface area contributed by atoms with Gasteiger partial charge in [0, 0.05) is 0 Å². The van der Waals surface area contributed by atoms with E-state index in [1.54, 1.807) is 0 Å². The van der Waals surface area contributed by atoms with E-state index in [0.717, 1.165) is 16.7 Å². The minimum atomic E-state index is -2.04. The van der Waals surface area contributed by atoms with Gasteiger partial charge in [-0.2, -0.15) is 0 Å². The highest BCUT2D eigenvalue weighted by Gasteiger charge is 2.78. The zero-order valence-electron chi connectivity index (χ0n) is 16.1. The van der Waals surface area contributed by atoms with Gasteiger partial charge in [-0.25, -0.2) is 4.79 Å². The largest absolute Gasteiger partial charge is 0.444 e. The average molecular weight is 381 g/mol. The molecule has 2 fully saturated rings. The van der Waals surface area contributed by atoms with E-state index in [9.17, 15) is 9.59 Å². The molecule has 140 valence electrons. The second-order valence-electron chi connectivity index (χ2n) is 8.52. The number of esters is 1. The number of benzene rings is 2. The van der Waals surface area contributed by atoms with Crippen LogP contribution >= 0.6 is 0 Å². The van der Waals surface area contributed by atoms with E-state index in [-0.39, 0.29) is 0 Å². The van der Waals surface area contributed by atoms with Crippen molar-refractivity contribution in [2.45, 2.75) is 44.2 Å². The van der Waals surface area contributed by atoms with E-state index < -0.39 is 37.2 Å². The first-order valence-electron chi connectivity index (χ1n) is 9.30. The standard InChI is InChI=1S/C22H24O4Si/c1-15-10-12-17(13-11-15)22-18(19(23)20(24)25-22)14-21(22,26-27(2,3)4)16-8-6-5-7-9-16/h5-13,18H,14H2,1-4H3/t18-,21+,22+/m1/s1. The van der Waals surface area contributed by atoms with Crippen molar-refractivity contribution in [1.29, 1.82) is 0 Å². The van der Waals surface area contributed by atoms with Crippen LogP contribution in [0.15, 0.2) is 54.6 Å². The Hall–Kier alpha value is -2.24. The van der Waals surface area contributed by atoms with E-state index in [1.807, 2.05) is 61.5 Å². The van der Waals surface area contributed by atoms with Gasteiger partial charge in [0.15, 0.2) is 13.9 Å². The van der Waals surface area contributed by atoms with Crippen LogP contribution in [-0.2, 0) is 30.0 Å². The van der Waals surface area contributed by atoms with Gasteiger partial charge in [-0.05, 0) is 44.1 Å². The Morgan fingerprint density at radius 3 is 2.15 bits per heavy atom. The van der Waals surface area contributed by atoms with Crippen LogP contribution in [-0.4, -0.2) is 20.1 Å². The maximum Gasteiger partial charge on any atom is 0.376 e. The summed E-state index contributed by atoms with van der Waals surface area (Å²) in [5.41, 5.74) is 0.937. The summed E-state index contributed by atoms with van der Waals surface area (Å²) in [5, 5.41) is 0. The average Bonchev–Trinajstić information content (AvgIpc) is 2.82. The zero-order chi connectivity index (χ0) is 19.4. The molecule has 5 heteroatoms. The van der Waals surface area contributed by atoms with Crippen molar-refractivity contribution in [2.75, 3.05) is 0 Å². The number of Topliss-reactive ketones (excluding diaryl/α,β-unsaturated/α-hetero) is 1. The maximum absolute atomic E-state index is 12.6. The fraction of sp³-hybridized carbons (Fsp3) is 0.364. The second kappa shape index (κ2) is 5.88. The molecule has 1 saturated carbocycles. The van der Waals surface area contributed by atoms with Gasteiger partial charge in [0.1, 0.15) is 5.60 Å². The molecule has 3 atom stereocenters. The van der Waals surface area contributed by atoms with Crippen molar-refractivity contribution in [2.24, 2.45) is 5.92 Å². The molecule has 0 aromatic heterocycles. The Morgan fingerprint density at radius 2 is 1.59 bits per heavy atom. The number of ketones is 1. The molecule has 2 aliphatic rings. The molecule has 1 aliphatic heterocycles. The summed E-state index contributed by atoms with van der Waals surface area (Å²) in [6.45, 7) is 8.36. The predicted molar refractivity (Wildman–Crippen MR) is 105 cm³/mol. The number of carbonyl (C=O) groups excluding carboxylic acids is 2. The molecule has 27 heavy (non-hydrogen) atoms. The molecule has 0 spiro atoms. The van der Waals surface area contributed by atoms with Gasteiger partial charge in [0.2, 0.25) is 5.78 Å². The summed E-state index contributed by atoms with van der Waals surface area (Å²) in [7, 11) is -2.04. The van der Waals surface area contributed by atoms with Gasteiger partial charge in [-0.3, -0.25) is 4.79 Å². The third-order valence-corrected chi connectivity index (χ3v) is 6.52. The lowest BCUT2D eigenvalue weighted by molar-refractivity contribution is -0.248. The number of ether oxygens (including phenoxy) is 1. The third kappa shape index (κ3) is 2.52. The van der Waals surface area contributed by atoms with Crippen molar-refractivity contribution >= 4 is 20.1 Å². The molecule has 1 saturated heterocycles. The van der Waals surface area contributed by atoms with Gasteiger partial charge in [-0.1, -0.05) is 60.2 Å². The lowest BCUT2D eigenvalue weighted by Crippen LogP contribution is -2.67. The van der Waals surface area contributed by atoms with Gasteiger partial charge in [-0.15, -0.1) is 0 Å². The number of rotatable bonds is 4. The molecule has 0 unspecified atom stereocenters. The van der Waals surface area contributed by atoms with E-state index >= 15 is 0 Å². The Morgan fingerprint density at radius 1 is 0.963 bits per heavy atom. The van der Waals surface area contributed by atoms with Crippen molar-refractivity contribution in [3.63, 3.8) is 0 Å². The molecule has 1 heterocycles. The Labute approximate surface area is 160 Å².